The summed E-state index contributed by atoms with van der Waals surface area (Å²) in [5.41, 5.74) is -0.551. The molecule has 0 aliphatic heterocycles. The van der Waals surface area contributed by atoms with E-state index in [1.807, 2.05) is 0 Å². The lowest BCUT2D eigenvalue weighted by Crippen LogP contribution is -2.12. The minimum atomic E-state index is -0.869. The fourth-order valence-corrected chi connectivity index (χ4v) is 2.20. The van der Waals surface area contributed by atoms with Gasteiger partial charge in [-0.3, -0.25) is 0 Å². The largest absolute Gasteiger partial charge is 0.507 e. The Labute approximate surface area is 148 Å². The van der Waals surface area contributed by atoms with E-state index in [2.05, 4.69) is 0 Å². The Hall–Kier alpha value is -3.80. The van der Waals surface area contributed by atoms with Crippen molar-refractivity contribution >= 4 is 11.9 Å². The molecule has 0 amide bonds. The van der Waals surface area contributed by atoms with Crippen LogP contribution in [0.4, 0.5) is 0 Å². The summed E-state index contributed by atoms with van der Waals surface area (Å²) in [6, 6.07) is 18.4. The SMILES string of the molecule is O=C(Oc1ccccc1)c1cc(O)c(C(=O)Oc2ccccc2)cc1O. The van der Waals surface area contributed by atoms with Crippen LogP contribution in [0, 0.1) is 0 Å². The normalized spacial score (nSPS) is 10.2. The van der Waals surface area contributed by atoms with Gasteiger partial charge in [-0.05, 0) is 36.4 Å². The Bertz CT molecular complexity index is 856. The summed E-state index contributed by atoms with van der Waals surface area (Å²) in [7, 11) is 0. The molecule has 0 aliphatic carbocycles. The van der Waals surface area contributed by atoms with Gasteiger partial charge in [0.1, 0.15) is 34.1 Å². The highest BCUT2D eigenvalue weighted by atomic mass is 16.5. The zero-order valence-electron chi connectivity index (χ0n) is 13.5. The van der Waals surface area contributed by atoms with Crippen molar-refractivity contribution in [2.24, 2.45) is 0 Å². The fourth-order valence-electron chi connectivity index (χ4n) is 2.20. The quantitative estimate of drug-likeness (QED) is 0.425. The second kappa shape index (κ2) is 7.40. The number of hydrogen-bond acceptors (Lipinski definition) is 6. The zero-order chi connectivity index (χ0) is 18.5. The lowest BCUT2D eigenvalue weighted by molar-refractivity contribution is 0.0714. The first-order chi connectivity index (χ1) is 12.5. The standard InChI is InChI=1S/C20H14O6/c21-17-12-16(20(24)26-14-9-5-2-6-10-14)18(22)11-15(17)19(23)25-13-7-3-1-4-8-13/h1-12,21-22H. The maximum absolute atomic E-state index is 12.1. The molecule has 6 heteroatoms. The van der Waals surface area contributed by atoms with Crippen molar-refractivity contribution < 1.29 is 29.3 Å². The van der Waals surface area contributed by atoms with Gasteiger partial charge >= 0.3 is 11.9 Å². The number of phenolic OH excluding ortho intramolecular Hbond substituents is 2. The van der Waals surface area contributed by atoms with E-state index in [9.17, 15) is 19.8 Å². The maximum Gasteiger partial charge on any atom is 0.347 e. The minimum Gasteiger partial charge on any atom is -0.507 e. The summed E-state index contributed by atoms with van der Waals surface area (Å²) in [5, 5.41) is 20.1. The van der Waals surface area contributed by atoms with Crippen molar-refractivity contribution in [3.05, 3.63) is 83.9 Å². The van der Waals surface area contributed by atoms with E-state index in [0.29, 0.717) is 0 Å². The minimum absolute atomic E-state index is 0.275. The smallest absolute Gasteiger partial charge is 0.347 e. The van der Waals surface area contributed by atoms with E-state index in [4.69, 9.17) is 9.47 Å². The maximum atomic E-state index is 12.1. The van der Waals surface area contributed by atoms with E-state index in [-0.39, 0.29) is 22.6 Å². The molecule has 3 rings (SSSR count). The summed E-state index contributed by atoms with van der Waals surface area (Å²) >= 11 is 0. The first-order valence-electron chi connectivity index (χ1n) is 7.65. The number of carbonyl (C=O) groups excluding carboxylic acids is 2. The van der Waals surface area contributed by atoms with Gasteiger partial charge in [0, 0.05) is 0 Å². The van der Waals surface area contributed by atoms with Crippen LogP contribution in [0.25, 0.3) is 0 Å². The van der Waals surface area contributed by atoms with Gasteiger partial charge in [-0.25, -0.2) is 9.59 Å². The van der Waals surface area contributed by atoms with Crippen molar-refractivity contribution in [1.82, 2.24) is 0 Å². The Morgan fingerprint density at radius 3 is 1.31 bits per heavy atom. The van der Waals surface area contributed by atoms with Gasteiger partial charge < -0.3 is 19.7 Å². The Balaban J connectivity index is 1.81. The van der Waals surface area contributed by atoms with E-state index in [1.165, 1.54) is 0 Å². The van der Waals surface area contributed by atoms with Crippen molar-refractivity contribution in [2.45, 2.75) is 0 Å². The molecule has 0 aromatic heterocycles. The first kappa shape index (κ1) is 17.0. The molecule has 0 bridgehead atoms. The monoisotopic (exact) mass is 350 g/mol. The van der Waals surface area contributed by atoms with Crippen LogP contribution < -0.4 is 9.47 Å². The average Bonchev–Trinajstić information content (AvgIpc) is 2.64. The molecule has 26 heavy (non-hydrogen) atoms. The summed E-state index contributed by atoms with van der Waals surface area (Å²) in [6.07, 6.45) is 0. The lowest BCUT2D eigenvalue weighted by atomic mass is 10.1. The number of aromatic hydroxyl groups is 2. The van der Waals surface area contributed by atoms with Crippen LogP contribution in [0.3, 0.4) is 0 Å². The fraction of sp³-hybridized carbons (Fsp3) is 0. The van der Waals surface area contributed by atoms with Gasteiger partial charge in [0.2, 0.25) is 0 Å². The molecule has 0 saturated carbocycles. The lowest BCUT2D eigenvalue weighted by Gasteiger charge is -2.10. The number of ether oxygens (including phenoxy) is 2. The summed E-state index contributed by atoms with van der Waals surface area (Å²) < 4.78 is 10.2. The van der Waals surface area contributed by atoms with Gasteiger partial charge in [0.05, 0.1) is 0 Å². The Morgan fingerprint density at radius 2 is 0.962 bits per heavy atom. The van der Waals surface area contributed by atoms with Crippen LogP contribution in [0.1, 0.15) is 20.7 Å². The van der Waals surface area contributed by atoms with Crippen molar-refractivity contribution in [3.63, 3.8) is 0 Å². The Morgan fingerprint density at radius 1 is 0.615 bits per heavy atom. The molecule has 2 N–H and O–H groups in total. The molecule has 0 fully saturated rings. The highest BCUT2D eigenvalue weighted by Gasteiger charge is 2.21. The van der Waals surface area contributed by atoms with Crippen LogP contribution in [-0.2, 0) is 0 Å². The third kappa shape index (κ3) is 3.81. The van der Waals surface area contributed by atoms with Gasteiger partial charge in [-0.2, -0.15) is 0 Å². The molecular weight excluding hydrogens is 336 g/mol. The predicted octanol–water partition coefficient (Wildman–Crippen LogP) is 3.54. The molecule has 0 unspecified atom stereocenters. The van der Waals surface area contributed by atoms with Crippen LogP contribution in [0.15, 0.2) is 72.8 Å². The molecule has 3 aromatic rings. The highest BCUT2D eigenvalue weighted by molar-refractivity contribution is 5.99. The molecule has 0 aliphatic rings. The number of rotatable bonds is 4. The van der Waals surface area contributed by atoms with Crippen molar-refractivity contribution in [1.29, 1.82) is 0 Å². The number of hydrogen-bond donors (Lipinski definition) is 2. The van der Waals surface area contributed by atoms with Gasteiger partial charge in [-0.1, -0.05) is 36.4 Å². The second-order valence-electron chi connectivity index (χ2n) is 5.29. The van der Waals surface area contributed by atoms with E-state index in [0.717, 1.165) is 12.1 Å². The van der Waals surface area contributed by atoms with E-state index < -0.39 is 23.4 Å². The van der Waals surface area contributed by atoms with Gasteiger partial charge in [-0.15, -0.1) is 0 Å². The van der Waals surface area contributed by atoms with Crippen LogP contribution in [0.5, 0.6) is 23.0 Å². The molecule has 3 aromatic carbocycles. The van der Waals surface area contributed by atoms with Gasteiger partial charge in [0.25, 0.3) is 0 Å². The average molecular weight is 350 g/mol. The van der Waals surface area contributed by atoms with Crippen LogP contribution >= 0.6 is 0 Å². The Kier molecular flexibility index (Phi) is 4.85. The molecule has 0 spiro atoms. The molecular formula is C20H14O6. The molecule has 0 radical (unpaired) electrons. The van der Waals surface area contributed by atoms with Crippen LogP contribution in [0.2, 0.25) is 0 Å². The molecule has 6 nitrogen and oxygen atoms in total. The topological polar surface area (TPSA) is 93.1 Å². The molecule has 0 heterocycles. The van der Waals surface area contributed by atoms with E-state index >= 15 is 0 Å². The van der Waals surface area contributed by atoms with E-state index in [1.54, 1.807) is 60.7 Å². The van der Waals surface area contributed by atoms with Crippen molar-refractivity contribution in [3.8, 4) is 23.0 Å². The number of esters is 2. The summed E-state index contributed by atoms with van der Waals surface area (Å²) in [4.78, 5) is 24.3. The van der Waals surface area contributed by atoms with Gasteiger partial charge in [0.15, 0.2) is 0 Å². The van der Waals surface area contributed by atoms with Crippen LogP contribution in [-0.4, -0.2) is 22.2 Å². The molecule has 0 saturated heterocycles. The number of benzene rings is 3. The van der Waals surface area contributed by atoms with Crippen molar-refractivity contribution in [2.75, 3.05) is 0 Å². The second-order valence-corrected chi connectivity index (χ2v) is 5.29. The number of para-hydroxylation sites is 2. The third-order valence-electron chi connectivity index (χ3n) is 3.46. The number of carbonyl (C=O) groups is 2. The molecule has 130 valence electrons. The highest BCUT2D eigenvalue weighted by Crippen LogP contribution is 2.29. The summed E-state index contributed by atoms with van der Waals surface area (Å²) in [5.74, 6) is -2.20. The molecule has 0 atom stereocenters. The predicted molar refractivity (Wildman–Crippen MR) is 92.6 cm³/mol. The number of phenols is 2. The third-order valence-corrected chi connectivity index (χ3v) is 3.46. The summed E-state index contributed by atoms with van der Waals surface area (Å²) in [6.45, 7) is 0. The zero-order valence-corrected chi connectivity index (χ0v) is 13.5. The first-order valence-corrected chi connectivity index (χ1v) is 7.65.